The summed E-state index contributed by atoms with van der Waals surface area (Å²) in [6.45, 7) is 0. The van der Waals surface area contributed by atoms with E-state index in [-0.39, 0.29) is 5.16 Å². The van der Waals surface area contributed by atoms with Gasteiger partial charge in [-0.05, 0) is 19.2 Å². The summed E-state index contributed by atoms with van der Waals surface area (Å²) in [5.41, 5.74) is 1.63. The molecule has 3 heterocycles. The summed E-state index contributed by atoms with van der Waals surface area (Å²) in [4.78, 5) is 12.1. The number of nitrogens with one attached hydrogen (secondary N) is 1. The Labute approximate surface area is 114 Å². The number of aromatic nitrogens is 5. The van der Waals surface area contributed by atoms with Gasteiger partial charge in [-0.15, -0.1) is 0 Å². The van der Waals surface area contributed by atoms with Gasteiger partial charge in [-0.3, -0.25) is 0 Å². The summed E-state index contributed by atoms with van der Waals surface area (Å²) in [5.74, 6) is 0. The lowest BCUT2D eigenvalue weighted by atomic mass is 10.3. The fourth-order valence-electron chi connectivity index (χ4n) is 1.66. The van der Waals surface area contributed by atoms with Crippen molar-refractivity contribution in [3.8, 4) is 11.4 Å². The maximum Gasteiger partial charge on any atom is 0.276 e. The first-order valence-electron chi connectivity index (χ1n) is 5.67. The molecule has 0 saturated heterocycles. The van der Waals surface area contributed by atoms with Crippen molar-refractivity contribution in [2.24, 2.45) is 0 Å². The topological polar surface area (TPSA) is 102 Å². The third kappa shape index (κ3) is 2.12. The second-order valence-corrected chi connectivity index (χ2v) is 5.66. The summed E-state index contributed by atoms with van der Waals surface area (Å²) in [7, 11) is -2.37. The number of rotatable bonds is 3. The first-order chi connectivity index (χ1) is 9.60. The molecule has 0 aliphatic heterocycles. The molecule has 3 aromatic rings. The fourth-order valence-corrected chi connectivity index (χ4v) is 2.26. The van der Waals surface area contributed by atoms with Crippen molar-refractivity contribution >= 4 is 15.7 Å². The molecule has 20 heavy (non-hydrogen) atoms. The Morgan fingerprint density at radius 1 is 1.10 bits per heavy atom. The van der Waals surface area contributed by atoms with Gasteiger partial charge in [0.1, 0.15) is 0 Å². The standard InChI is InChI=1S/C11H10N6O2S/c1-12-20(18,19)11-13-5-2-8(16-11)9-4-7-17-10(15-9)3-6-14-17/h2-7,12H,1H3. The van der Waals surface area contributed by atoms with Crippen LogP contribution < -0.4 is 4.72 Å². The summed E-state index contributed by atoms with van der Waals surface area (Å²) in [6.07, 6.45) is 4.74. The average Bonchev–Trinajstić information content (AvgIpc) is 2.94. The van der Waals surface area contributed by atoms with Crippen LogP contribution in [-0.4, -0.2) is 40.0 Å². The van der Waals surface area contributed by atoms with E-state index in [1.165, 1.54) is 13.2 Å². The SMILES string of the molecule is CNS(=O)(=O)c1nccc(-c2ccn3nccc3n2)n1. The highest BCUT2D eigenvalue weighted by Crippen LogP contribution is 2.15. The lowest BCUT2D eigenvalue weighted by Gasteiger charge is -2.04. The first-order valence-corrected chi connectivity index (χ1v) is 7.16. The van der Waals surface area contributed by atoms with Crippen LogP contribution in [0.4, 0.5) is 0 Å². The van der Waals surface area contributed by atoms with Crippen LogP contribution in [0.25, 0.3) is 17.0 Å². The zero-order valence-electron chi connectivity index (χ0n) is 10.4. The molecule has 0 saturated carbocycles. The van der Waals surface area contributed by atoms with Gasteiger partial charge in [0.25, 0.3) is 15.2 Å². The van der Waals surface area contributed by atoms with E-state index in [1.54, 1.807) is 35.1 Å². The number of hydrogen-bond acceptors (Lipinski definition) is 6. The van der Waals surface area contributed by atoms with Crippen LogP contribution in [-0.2, 0) is 10.0 Å². The number of sulfonamides is 1. The first kappa shape index (κ1) is 12.6. The predicted molar refractivity (Wildman–Crippen MR) is 70.3 cm³/mol. The van der Waals surface area contributed by atoms with E-state index in [0.717, 1.165) is 0 Å². The van der Waals surface area contributed by atoms with Gasteiger partial charge < -0.3 is 0 Å². The van der Waals surface area contributed by atoms with Gasteiger partial charge >= 0.3 is 0 Å². The van der Waals surface area contributed by atoms with Crippen LogP contribution in [0.5, 0.6) is 0 Å². The Morgan fingerprint density at radius 3 is 2.70 bits per heavy atom. The fraction of sp³-hybridized carbons (Fsp3) is 0.0909. The lowest BCUT2D eigenvalue weighted by Crippen LogP contribution is -2.21. The van der Waals surface area contributed by atoms with E-state index in [0.29, 0.717) is 17.0 Å². The van der Waals surface area contributed by atoms with Crippen LogP contribution in [0.1, 0.15) is 0 Å². The molecule has 0 atom stereocenters. The normalized spacial score (nSPS) is 11.8. The van der Waals surface area contributed by atoms with Crippen LogP contribution in [0.2, 0.25) is 0 Å². The van der Waals surface area contributed by atoms with Gasteiger partial charge in [0, 0.05) is 18.5 Å². The molecule has 0 aliphatic rings. The Morgan fingerprint density at radius 2 is 1.90 bits per heavy atom. The Bertz CT molecular complexity index is 873. The number of hydrogen-bond donors (Lipinski definition) is 1. The van der Waals surface area contributed by atoms with Gasteiger partial charge in [-0.25, -0.2) is 32.6 Å². The van der Waals surface area contributed by atoms with E-state index in [1.807, 2.05) is 0 Å². The Hall–Kier alpha value is -2.39. The molecule has 102 valence electrons. The molecule has 8 nitrogen and oxygen atoms in total. The van der Waals surface area contributed by atoms with Gasteiger partial charge in [0.15, 0.2) is 5.65 Å². The molecular formula is C11H10N6O2S. The highest BCUT2D eigenvalue weighted by Gasteiger charge is 2.16. The van der Waals surface area contributed by atoms with E-state index in [9.17, 15) is 8.42 Å². The van der Waals surface area contributed by atoms with Crippen molar-refractivity contribution < 1.29 is 8.42 Å². The Balaban J connectivity index is 2.12. The van der Waals surface area contributed by atoms with Crippen LogP contribution >= 0.6 is 0 Å². The van der Waals surface area contributed by atoms with Crippen molar-refractivity contribution in [3.63, 3.8) is 0 Å². The predicted octanol–water partition coefficient (Wildman–Crippen LogP) is 0.0944. The quantitative estimate of drug-likeness (QED) is 0.686. The second kappa shape index (κ2) is 4.62. The maximum atomic E-state index is 11.7. The smallest absolute Gasteiger partial charge is 0.227 e. The third-order valence-electron chi connectivity index (χ3n) is 2.66. The number of nitrogens with zero attached hydrogens (tertiary/aromatic N) is 5. The largest absolute Gasteiger partial charge is 0.276 e. The molecule has 0 spiro atoms. The molecule has 0 aromatic carbocycles. The van der Waals surface area contributed by atoms with Gasteiger partial charge in [0.2, 0.25) is 0 Å². The van der Waals surface area contributed by atoms with E-state index < -0.39 is 10.0 Å². The van der Waals surface area contributed by atoms with Crippen LogP contribution in [0.3, 0.4) is 0 Å². The molecule has 3 aromatic heterocycles. The molecular weight excluding hydrogens is 280 g/mol. The molecule has 9 heteroatoms. The van der Waals surface area contributed by atoms with Gasteiger partial charge in [-0.2, -0.15) is 5.10 Å². The molecule has 0 aliphatic carbocycles. The molecule has 0 fully saturated rings. The molecule has 1 N–H and O–H groups in total. The van der Waals surface area contributed by atoms with Gasteiger partial charge in [-0.1, -0.05) is 0 Å². The lowest BCUT2D eigenvalue weighted by molar-refractivity contribution is 0.579. The molecule has 0 bridgehead atoms. The minimum atomic E-state index is -3.68. The summed E-state index contributed by atoms with van der Waals surface area (Å²) >= 11 is 0. The molecule has 0 unspecified atom stereocenters. The minimum absolute atomic E-state index is 0.285. The highest BCUT2D eigenvalue weighted by molar-refractivity contribution is 7.89. The molecule has 0 amide bonds. The maximum absolute atomic E-state index is 11.7. The third-order valence-corrected chi connectivity index (χ3v) is 3.88. The second-order valence-electron chi connectivity index (χ2n) is 3.88. The van der Waals surface area contributed by atoms with E-state index >= 15 is 0 Å². The number of fused-ring (bicyclic) bond motifs is 1. The monoisotopic (exact) mass is 290 g/mol. The van der Waals surface area contributed by atoms with Crippen LogP contribution in [0.15, 0.2) is 41.9 Å². The summed E-state index contributed by atoms with van der Waals surface area (Å²) in [6, 6.07) is 5.05. The van der Waals surface area contributed by atoms with Crippen molar-refractivity contribution in [2.45, 2.75) is 5.16 Å². The summed E-state index contributed by atoms with van der Waals surface area (Å²) in [5, 5.41) is 3.75. The van der Waals surface area contributed by atoms with Crippen molar-refractivity contribution in [1.82, 2.24) is 29.3 Å². The van der Waals surface area contributed by atoms with E-state index in [4.69, 9.17) is 0 Å². The average molecular weight is 290 g/mol. The minimum Gasteiger partial charge on any atom is -0.227 e. The van der Waals surface area contributed by atoms with Gasteiger partial charge in [0.05, 0.1) is 17.6 Å². The zero-order valence-corrected chi connectivity index (χ0v) is 11.2. The van der Waals surface area contributed by atoms with Crippen molar-refractivity contribution in [1.29, 1.82) is 0 Å². The Kier molecular flexibility index (Phi) is 2.92. The van der Waals surface area contributed by atoms with E-state index in [2.05, 4.69) is 24.8 Å². The van der Waals surface area contributed by atoms with Crippen molar-refractivity contribution in [2.75, 3.05) is 7.05 Å². The highest BCUT2D eigenvalue weighted by atomic mass is 32.2. The zero-order chi connectivity index (χ0) is 14.2. The van der Waals surface area contributed by atoms with Crippen molar-refractivity contribution in [3.05, 3.63) is 36.8 Å². The molecule has 3 rings (SSSR count). The van der Waals surface area contributed by atoms with Crippen LogP contribution in [0, 0.1) is 0 Å². The molecule has 0 radical (unpaired) electrons. The summed E-state index contributed by atoms with van der Waals surface area (Å²) < 4.78 is 27.2.